The zero-order chi connectivity index (χ0) is 12.2. The first-order chi connectivity index (χ1) is 7.45. The molecule has 1 aliphatic rings. The predicted molar refractivity (Wildman–Crippen MR) is 61.5 cm³/mol. The second-order valence-electron chi connectivity index (χ2n) is 5.23. The minimum absolute atomic E-state index is 0.134. The molecule has 0 N–H and O–H groups in total. The summed E-state index contributed by atoms with van der Waals surface area (Å²) in [6.45, 7) is 8.48. The van der Waals surface area contributed by atoms with E-state index in [4.69, 9.17) is 4.84 Å². The van der Waals surface area contributed by atoms with E-state index in [0.717, 1.165) is 12.8 Å². The fourth-order valence-electron chi connectivity index (χ4n) is 2.00. The maximum atomic E-state index is 11.7. The minimum Gasteiger partial charge on any atom is -0.569 e. The SMILES string of the molecule is CCN(/[N+]([O-])=N/OC1CCCC1)C(C)(C)C. The van der Waals surface area contributed by atoms with Crippen molar-refractivity contribution in [2.45, 2.75) is 65.0 Å². The molecule has 5 nitrogen and oxygen atoms in total. The summed E-state index contributed by atoms with van der Waals surface area (Å²) in [5, 5.41) is 17.0. The van der Waals surface area contributed by atoms with Crippen LogP contribution in [0.15, 0.2) is 5.28 Å². The predicted octanol–water partition coefficient (Wildman–Crippen LogP) is 2.86. The molecule has 0 aromatic rings. The van der Waals surface area contributed by atoms with E-state index in [1.807, 2.05) is 27.7 Å². The Hall–Kier alpha value is -1.00. The molecule has 0 unspecified atom stereocenters. The van der Waals surface area contributed by atoms with E-state index in [1.54, 1.807) is 5.01 Å². The third kappa shape index (κ3) is 3.54. The number of rotatable bonds is 4. The van der Waals surface area contributed by atoms with E-state index in [1.165, 1.54) is 12.8 Å². The molecule has 0 saturated heterocycles. The van der Waals surface area contributed by atoms with Gasteiger partial charge in [-0.15, -0.1) is 5.01 Å². The zero-order valence-electron chi connectivity index (χ0n) is 10.8. The van der Waals surface area contributed by atoms with Crippen molar-refractivity contribution in [2.75, 3.05) is 6.54 Å². The van der Waals surface area contributed by atoms with Gasteiger partial charge < -0.3 is 10.0 Å². The second-order valence-corrected chi connectivity index (χ2v) is 5.23. The Kier molecular flexibility index (Phi) is 4.38. The van der Waals surface area contributed by atoms with Crippen LogP contribution >= 0.6 is 0 Å². The summed E-state index contributed by atoms with van der Waals surface area (Å²) < 4.78 is 0. The molecule has 0 radical (unpaired) electrons. The van der Waals surface area contributed by atoms with Crippen LogP contribution < -0.4 is 0 Å². The molecule has 94 valence electrons. The third-order valence-corrected chi connectivity index (χ3v) is 2.85. The lowest BCUT2D eigenvalue weighted by atomic mass is 10.1. The van der Waals surface area contributed by atoms with Crippen LogP contribution in [-0.4, -0.2) is 28.2 Å². The third-order valence-electron chi connectivity index (χ3n) is 2.85. The summed E-state index contributed by atoms with van der Waals surface area (Å²) in [6, 6.07) is 0. The normalized spacial score (nSPS) is 18.9. The second kappa shape index (κ2) is 5.37. The lowest BCUT2D eigenvalue weighted by Crippen LogP contribution is -2.45. The van der Waals surface area contributed by atoms with Crippen molar-refractivity contribution in [1.82, 2.24) is 5.01 Å². The zero-order valence-corrected chi connectivity index (χ0v) is 10.8. The Bertz CT molecular complexity index is 242. The molecular formula is C11H23N3O2. The van der Waals surface area contributed by atoms with Crippen molar-refractivity contribution in [1.29, 1.82) is 0 Å². The minimum atomic E-state index is -0.237. The molecule has 0 aromatic carbocycles. The quantitative estimate of drug-likeness (QED) is 0.423. The van der Waals surface area contributed by atoms with Gasteiger partial charge in [-0.1, -0.05) is 0 Å². The Morgan fingerprint density at radius 3 is 2.38 bits per heavy atom. The maximum absolute atomic E-state index is 11.7. The van der Waals surface area contributed by atoms with Gasteiger partial charge in [0.05, 0.1) is 17.1 Å². The number of hydrogen-bond donors (Lipinski definition) is 0. The smallest absolute Gasteiger partial charge is 0.233 e. The molecule has 1 aliphatic carbocycles. The summed E-state index contributed by atoms with van der Waals surface area (Å²) >= 11 is 0. The van der Waals surface area contributed by atoms with Crippen molar-refractivity contribution in [3.63, 3.8) is 0 Å². The van der Waals surface area contributed by atoms with Gasteiger partial charge in [-0.25, -0.2) is 0 Å². The monoisotopic (exact) mass is 229 g/mol. The topological polar surface area (TPSA) is 50.9 Å². The molecule has 1 fully saturated rings. The van der Waals surface area contributed by atoms with Crippen molar-refractivity contribution in [2.24, 2.45) is 5.28 Å². The van der Waals surface area contributed by atoms with Crippen LogP contribution in [0.4, 0.5) is 0 Å². The van der Waals surface area contributed by atoms with E-state index < -0.39 is 0 Å². The van der Waals surface area contributed by atoms with E-state index in [9.17, 15) is 5.21 Å². The average molecular weight is 229 g/mol. The summed E-state index contributed by atoms with van der Waals surface area (Å²) in [6.07, 6.45) is 4.51. The summed E-state index contributed by atoms with van der Waals surface area (Å²) in [7, 11) is 0. The average Bonchev–Trinajstić information content (AvgIpc) is 2.65. The first-order valence-corrected chi connectivity index (χ1v) is 6.06. The van der Waals surface area contributed by atoms with Gasteiger partial charge >= 0.3 is 0 Å². The maximum Gasteiger partial charge on any atom is 0.233 e. The number of hydrazine groups is 1. The molecule has 0 bridgehead atoms. The van der Waals surface area contributed by atoms with Gasteiger partial charge in [-0.05, 0) is 53.4 Å². The van der Waals surface area contributed by atoms with Crippen molar-refractivity contribution in [3.8, 4) is 0 Å². The van der Waals surface area contributed by atoms with Gasteiger partial charge in [0.25, 0.3) is 0 Å². The fraction of sp³-hybridized carbons (Fsp3) is 1.00. The molecule has 0 aliphatic heterocycles. The summed E-state index contributed by atoms with van der Waals surface area (Å²) in [5.74, 6) is 0. The first-order valence-electron chi connectivity index (χ1n) is 6.06. The first kappa shape index (κ1) is 13.1. The van der Waals surface area contributed by atoms with Crippen LogP contribution in [0.1, 0.15) is 53.4 Å². The van der Waals surface area contributed by atoms with Gasteiger partial charge in [0.1, 0.15) is 6.10 Å². The standard InChI is InChI=1S/C11H23N3O2/c1-5-13(11(2,3)4)14(15)12-16-10-8-6-7-9-10/h10H,5-9H2,1-4H3/b14-12-. The molecule has 0 spiro atoms. The van der Waals surface area contributed by atoms with Gasteiger partial charge in [0.2, 0.25) is 5.28 Å². The summed E-state index contributed by atoms with van der Waals surface area (Å²) in [5.41, 5.74) is -0.237. The van der Waals surface area contributed by atoms with Gasteiger partial charge in [-0.3, -0.25) is 0 Å². The molecule has 1 rings (SSSR count). The van der Waals surface area contributed by atoms with E-state index in [2.05, 4.69) is 5.28 Å². The van der Waals surface area contributed by atoms with Crippen LogP contribution in [0.2, 0.25) is 0 Å². The van der Waals surface area contributed by atoms with E-state index in [0.29, 0.717) is 11.5 Å². The van der Waals surface area contributed by atoms with Gasteiger partial charge in [-0.2, -0.15) is 0 Å². The Labute approximate surface area is 97.6 Å². The molecule has 0 aromatic heterocycles. The molecule has 0 heterocycles. The highest BCUT2D eigenvalue weighted by atomic mass is 16.7. The Morgan fingerprint density at radius 2 is 1.94 bits per heavy atom. The van der Waals surface area contributed by atoms with Crippen LogP contribution in [0.5, 0.6) is 0 Å². The van der Waals surface area contributed by atoms with E-state index >= 15 is 0 Å². The molecule has 0 atom stereocenters. The molecule has 5 heteroatoms. The highest BCUT2D eigenvalue weighted by Gasteiger charge is 2.27. The number of hydrogen-bond acceptors (Lipinski definition) is 3. The lowest BCUT2D eigenvalue weighted by molar-refractivity contribution is -0.725. The molecule has 16 heavy (non-hydrogen) atoms. The van der Waals surface area contributed by atoms with Crippen LogP contribution in [-0.2, 0) is 4.84 Å². The van der Waals surface area contributed by atoms with E-state index in [-0.39, 0.29) is 11.6 Å². The van der Waals surface area contributed by atoms with Crippen molar-refractivity contribution in [3.05, 3.63) is 5.21 Å². The molecular weight excluding hydrogens is 206 g/mol. The Balaban J connectivity index is 2.52. The van der Waals surface area contributed by atoms with Crippen molar-refractivity contribution < 1.29 is 9.81 Å². The van der Waals surface area contributed by atoms with Gasteiger partial charge in [0.15, 0.2) is 0 Å². The van der Waals surface area contributed by atoms with Crippen LogP contribution in [0.25, 0.3) is 0 Å². The van der Waals surface area contributed by atoms with Crippen molar-refractivity contribution >= 4 is 0 Å². The fourth-order valence-corrected chi connectivity index (χ4v) is 2.00. The van der Waals surface area contributed by atoms with Crippen LogP contribution in [0, 0.1) is 5.21 Å². The molecule has 1 saturated carbocycles. The lowest BCUT2D eigenvalue weighted by Gasteiger charge is -2.29. The Morgan fingerprint density at radius 1 is 1.38 bits per heavy atom. The summed E-state index contributed by atoms with van der Waals surface area (Å²) in [4.78, 5) is 5.82. The highest BCUT2D eigenvalue weighted by molar-refractivity contribution is 4.67. The molecule has 0 amide bonds. The number of nitrogens with zero attached hydrogens (tertiary/aromatic N) is 3. The largest absolute Gasteiger partial charge is 0.569 e. The van der Waals surface area contributed by atoms with Gasteiger partial charge in [0, 0.05) is 0 Å². The van der Waals surface area contributed by atoms with Crippen LogP contribution in [0.3, 0.4) is 0 Å². The highest BCUT2D eigenvalue weighted by Crippen LogP contribution is 2.21.